The lowest BCUT2D eigenvalue weighted by molar-refractivity contribution is -0.143. The molecule has 14 heavy (non-hydrogen) atoms. The van der Waals surface area contributed by atoms with Gasteiger partial charge in [-0.05, 0) is 0 Å². The third kappa shape index (κ3) is 2.68. The largest absolute Gasteiger partial charge is 0.480 e. The van der Waals surface area contributed by atoms with Crippen molar-refractivity contribution in [1.82, 2.24) is 10.6 Å². The van der Waals surface area contributed by atoms with Gasteiger partial charge in [0.25, 0.3) is 0 Å². The highest BCUT2D eigenvalue weighted by Gasteiger charge is 2.28. The van der Waals surface area contributed by atoms with Crippen molar-refractivity contribution in [3.05, 3.63) is 0 Å². The maximum Gasteiger partial charge on any atom is 0.326 e. The van der Waals surface area contributed by atoms with E-state index >= 15 is 0 Å². The average molecular weight is 202 g/mol. The van der Waals surface area contributed by atoms with Gasteiger partial charge in [-0.2, -0.15) is 0 Å². The number of hydrogen-bond donors (Lipinski definition) is 4. The van der Waals surface area contributed by atoms with E-state index in [1.54, 1.807) is 0 Å². The van der Waals surface area contributed by atoms with Crippen molar-refractivity contribution in [2.24, 2.45) is 5.92 Å². The van der Waals surface area contributed by atoms with Gasteiger partial charge in [-0.1, -0.05) is 0 Å². The second-order valence-electron chi connectivity index (χ2n) is 3.27. The molecule has 0 spiro atoms. The molecule has 1 heterocycles. The van der Waals surface area contributed by atoms with Gasteiger partial charge in [0.2, 0.25) is 5.91 Å². The van der Waals surface area contributed by atoms with Crippen molar-refractivity contribution in [2.75, 3.05) is 19.7 Å². The van der Waals surface area contributed by atoms with Crippen LogP contribution in [0.15, 0.2) is 0 Å². The molecular formula is C8H14N2O4. The van der Waals surface area contributed by atoms with E-state index in [0.717, 1.165) is 0 Å². The Morgan fingerprint density at radius 2 is 2.14 bits per heavy atom. The Bertz CT molecular complexity index is 227. The van der Waals surface area contributed by atoms with Crippen LogP contribution in [0.2, 0.25) is 0 Å². The van der Waals surface area contributed by atoms with Crippen LogP contribution in [0, 0.1) is 5.92 Å². The fourth-order valence-electron chi connectivity index (χ4n) is 1.15. The molecule has 1 unspecified atom stereocenters. The SMILES string of the molecule is O=C(NC(CCO)C(=O)O)C1CNC1. The van der Waals surface area contributed by atoms with Crippen LogP contribution in [0.4, 0.5) is 0 Å². The summed E-state index contributed by atoms with van der Waals surface area (Å²) in [5.74, 6) is -1.50. The lowest BCUT2D eigenvalue weighted by atomic mass is 10.0. The highest BCUT2D eigenvalue weighted by Crippen LogP contribution is 2.03. The summed E-state index contributed by atoms with van der Waals surface area (Å²) in [7, 11) is 0. The first-order valence-electron chi connectivity index (χ1n) is 4.50. The predicted octanol–water partition coefficient (Wildman–Crippen LogP) is -1.84. The number of rotatable bonds is 5. The number of carbonyl (C=O) groups is 2. The Labute approximate surface area is 81.3 Å². The number of aliphatic hydroxyl groups is 1. The molecule has 1 atom stereocenters. The van der Waals surface area contributed by atoms with E-state index in [9.17, 15) is 9.59 Å². The highest BCUT2D eigenvalue weighted by molar-refractivity contribution is 5.85. The van der Waals surface area contributed by atoms with Crippen LogP contribution in [0.25, 0.3) is 0 Å². The van der Waals surface area contributed by atoms with Gasteiger partial charge in [-0.25, -0.2) is 4.79 Å². The second-order valence-corrected chi connectivity index (χ2v) is 3.27. The molecule has 80 valence electrons. The molecule has 6 nitrogen and oxygen atoms in total. The zero-order chi connectivity index (χ0) is 10.6. The van der Waals surface area contributed by atoms with Gasteiger partial charge in [0, 0.05) is 26.1 Å². The maximum atomic E-state index is 11.3. The smallest absolute Gasteiger partial charge is 0.326 e. The van der Waals surface area contributed by atoms with Crippen LogP contribution in [-0.4, -0.2) is 47.8 Å². The van der Waals surface area contributed by atoms with E-state index in [2.05, 4.69) is 10.6 Å². The molecule has 0 saturated carbocycles. The first-order chi connectivity index (χ1) is 6.65. The molecule has 1 fully saturated rings. The average Bonchev–Trinajstić information content (AvgIpc) is 1.99. The summed E-state index contributed by atoms with van der Waals surface area (Å²) in [6.07, 6.45) is 0.0429. The van der Waals surface area contributed by atoms with Gasteiger partial charge >= 0.3 is 5.97 Å². The zero-order valence-corrected chi connectivity index (χ0v) is 7.69. The van der Waals surface area contributed by atoms with E-state index in [4.69, 9.17) is 10.2 Å². The maximum absolute atomic E-state index is 11.3. The van der Waals surface area contributed by atoms with Crippen molar-refractivity contribution in [2.45, 2.75) is 12.5 Å². The molecule has 0 aromatic heterocycles. The van der Waals surface area contributed by atoms with Gasteiger partial charge in [0.15, 0.2) is 0 Å². The van der Waals surface area contributed by atoms with E-state index in [1.807, 2.05) is 0 Å². The summed E-state index contributed by atoms with van der Waals surface area (Å²) in [6.45, 7) is 0.939. The fourth-order valence-corrected chi connectivity index (χ4v) is 1.15. The number of amides is 1. The van der Waals surface area contributed by atoms with Crippen molar-refractivity contribution in [3.8, 4) is 0 Å². The Hall–Kier alpha value is -1.14. The van der Waals surface area contributed by atoms with Crippen LogP contribution in [0.1, 0.15) is 6.42 Å². The summed E-state index contributed by atoms with van der Waals surface area (Å²) in [4.78, 5) is 21.9. The van der Waals surface area contributed by atoms with Crippen LogP contribution >= 0.6 is 0 Å². The number of carbonyl (C=O) groups excluding carboxylic acids is 1. The topological polar surface area (TPSA) is 98.7 Å². The standard InChI is InChI=1S/C8H14N2O4/c11-2-1-6(8(13)14)10-7(12)5-3-9-4-5/h5-6,9,11H,1-4H2,(H,10,12)(H,13,14). The molecule has 1 aliphatic heterocycles. The molecule has 6 heteroatoms. The van der Waals surface area contributed by atoms with Crippen molar-refractivity contribution in [3.63, 3.8) is 0 Å². The number of aliphatic hydroxyl groups excluding tert-OH is 1. The first-order valence-corrected chi connectivity index (χ1v) is 4.50. The molecule has 0 aliphatic carbocycles. The van der Waals surface area contributed by atoms with E-state index in [1.165, 1.54) is 0 Å². The molecule has 0 bridgehead atoms. The van der Waals surface area contributed by atoms with E-state index < -0.39 is 12.0 Å². The number of aliphatic carboxylic acids is 1. The van der Waals surface area contributed by atoms with Gasteiger partial charge in [0.05, 0.1) is 5.92 Å². The van der Waals surface area contributed by atoms with Gasteiger partial charge < -0.3 is 20.8 Å². The Balaban J connectivity index is 2.37. The molecule has 4 N–H and O–H groups in total. The summed E-state index contributed by atoms with van der Waals surface area (Å²) >= 11 is 0. The minimum Gasteiger partial charge on any atom is -0.480 e. The Kier molecular flexibility index (Phi) is 3.84. The van der Waals surface area contributed by atoms with Crippen LogP contribution in [0.5, 0.6) is 0 Å². The molecule has 1 saturated heterocycles. The molecule has 1 aliphatic rings. The molecule has 1 rings (SSSR count). The van der Waals surface area contributed by atoms with Gasteiger partial charge in [0.1, 0.15) is 6.04 Å². The molecule has 0 aromatic carbocycles. The summed E-state index contributed by atoms with van der Waals surface area (Å²) in [5.41, 5.74) is 0. The number of carboxylic acid groups (broad SMARTS) is 1. The Morgan fingerprint density at radius 1 is 1.50 bits per heavy atom. The summed E-state index contributed by atoms with van der Waals surface area (Å²) in [5, 5.41) is 22.6. The predicted molar refractivity (Wildman–Crippen MR) is 47.6 cm³/mol. The number of carboxylic acids is 1. The molecule has 0 radical (unpaired) electrons. The number of nitrogens with one attached hydrogen (secondary N) is 2. The van der Waals surface area contributed by atoms with E-state index in [-0.39, 0.29) is 24.9 Å². The lowest BCUT2D eigenvalue weighted by Crippen LogP contribution is -2.54. The number of hydrogen-bond acceptors (Lipinski definition) is 4. The molecular weight excluding hydrogens is 188 g/mol. The Morgan fingerprint density at radius 3 is 2.50 bits per heavy atom. The van der Waals surface area contributed by atoms with Crippen LogP contribution < -0.4 is 10.6 Å². The summed E-state index contributed by atoms with van der Waals surface area (Å²) < 4.78 is 0. The minimum absolute atomic E-state index is 0.0429. The van der Waals surface area contributed by atoms with Gasteiger partial charge in [-0.15, -0.1) is 0 Å². The molecule has 0 aromatic rings. The quantitative estimate of drug-likeness (QED) is 0.420. The third-order valence-electron chi connectivity index (χ3n) is 2.18. The van der Waals surface area contributed by atoms with Crippen LogP contribution in [0.3, 0.4) is 0 Å². The third-order valence-corrected chi connectivity index (χ3v) is 2.18. The fraction of sp³-hybridized carbons (Fsp3) is 0.750. The summed E-state index contributed by atoms with van der Waals surface area (Å²) in [6, 6.07) is -0.979. The normalized spacial score (nSPS) is 18.4. The van der Waals surface area contributed by atoms with Crippen molar-refractivity contribution in [1.29, 1.82) is 0 Å². The second kappa shape index (κ2) is 4.92. The van der Waals surface area contributed by atoms with Crippen molar-refractivity contribution >= 4 is 11.9 Å². The lowest BCUT2D eigenvalue weighted by Gasteiger charge is -2.27. The minimum atomic E-state index is -1.11. The monoisotopic (exact) mass is 202 g/mol. The van der Waals surface area contributed by atoms with Gasteiger partial charge in [-0.3, -0.25) is 4.79 Å². The molecule has 1 amide bonds. The van der Waals surface area contributed by atoms with E-state index in [0.29, 0.717) is 13.1 Å². The highest BCUT2D eigenvalue weighted by atomic mass is 16.4. The zero-order valence-electron chi connectivity index (χ0n) is 7.69. The first kappa shape index (κ1) is 10.9. The van der Waals surface area contributed by atoms with Crippen LogP contribution in [-0.2, 0) is 9.59 Å². The van der Waals surface area contributed by atoms with Crippen molar-refractivity contribution < 1.29 is 19.8 Å².